The second kappa shape index (κ2) is 7.47. The van der Waals surface area contributed by atoms with Crippen LogP contribution in [0.15, 0.2) is 42.5 Å². The molecule has 6 heteroatoms. The smallest absolute Gasteiger partial charge is 0.251 e. The van der Waals surface area contributed by atoms with Gasteiger partial charge in [-0.1, -0.05) is 17.7 Å². The maximum Gasteiger partial charge on any atom is 0.251 e. The topological polar surface area (TPSA) is 64.2 Å². The third-order valence-corrected chi connectivity index (χ3v) is 5.35. The molecule has 24 heavy (non-hydrogen) atoms. The number of carbonyl (C=O) groups excluding carboxylic acids is 1. The third kappa shape index (κ3) is 3.86. The van der Waals surface area contributed by atoms with Crippen molar-refractivity contribution >= 4 is 34.6 Å². The minimum atomic E-state index is -1.09. The molecule has 0 saturated heterocycles. The normalized spacial score (nSPS) is 17.2. The van der Waals surface area contributed by atoms with Crippen LogP contribution in [0.3, 0.4) is 0 Å². The van der Waals surface area contributed by atoms with Crippen LogP contribution in [0.25, 0.3) is 0 Å². The van der Waals surface area contributed by atoms with E-state index in [2.05, 4.69) is 10.0 Å². The summed E-state index contributed by atoms with van der Waals surface area (Å²) in [4.78, 5) is 12.4. The van der Waals surface area contributed by atoms with Gasteiger partial charge in [-0.2, -0.15) is 0 Å². The number of anilines is 1. The molecular formula is C18H19ClN2O2S. The van der Waals surface area contributed by atoms with Gasteiger partial charge >= 0.3 is 0 Å². The van der Waals surface area contributed by atoms with Gasteiger partial charge in [0.15, 0.2) is 0 Å². The van der Waals surface area contributed by atoms with Gasteiger partial charge in [-0.05, 0) is 67.3 Å². The molecule has 1 aliphatic rings. The van der Waals surface area contributed by atoms with Gasteiger partial charge in [-0.15, -0.1) is 0 Å². The molecule has 0 aromatic heterocycles. The Labute approximate surface area is 149 Å². The molecule has 2 aromatic carbocycles. The van der Waals surface area contributed by atoms with Crippen LogP contribution in [0.4, 0.5) is 5.69 Å². The zero-order valence-corrected chi connectivity index (χ0v) is 14.9. The predicted octanol–water partition coefficient (Wildman–Crippen LogP) is 3.85. The number of halogens is 1. The summed E-state index contributed by atoms with van der Waals surface area (Å²) in [5.41, 5.74) is 3.68. The highest BCUT2D eigenvalue weighted by molar-refractivity contribution is 7.92. The molecule has 2 N–H and O–H groups in total. The summed E-state index contributed by atoms with van der Waals surface area (Å²) >= 11 is 4.93. The van der Waals surface area contributed by atoms with Crippen LogP contribution in [-0.4, -0.2) is 16.2 Å². The van der Waals surface area contributed by atoms with E-state index in [0.29, 0.717) is 11.3 Å². The second-order valence-electron chi connectivity index (χ2n) is 5.72. The molecule has 0 bridgehead atoms. The summed E-state index contributed by atoms with van der Waals surface area (Å²) in [5, 5.41) is 3.81. The molecule has 0 spiro atoms. The average molecular weight is 363 g/mol. The zero-order valence-electron chi connectivity index (χ0n) is 13.3. The van der Waals surface area contributed by atoms with E-state index in [1.165, 1.54) is 5.56 Å². The maximum absolute atomic E-state index is 12.4. The van der Waals surface area contributed by atoms with Gasteiger partial charge in [0, 0.05) is 10.6 Å². The molecule has 3 rings (SSSR count). The molecule has 0 saturated carbocycles. The quantitative estimate of drug-likeness (QED) is 0.794. The van der Waals surface area contributed by atoms with Crippen molar-refractivity contribution in [2.75, 3.05) is 10.5 Å². The first kappa shape index (κ1) is 17.1. The first-order valence-electron chi connectivity index (χ1n) is 7.91. The first-order chi connectivity index (χ1) is 11.6. The van der Waals surface area contributed by atoms with E-state index in [1.807, 2.05) is 25.1 Å². The van der Waals surface area contributed by atoms with E-state index in [1.54, 1.807) is 24.3 Å². The van der Waals surface area contributed by atoms with Gasteiger partial charge in [0.05, 0.1) is 23.1 Å². The number of nitrogens with one attached hydrogen (secondary N) is 2. The maximum atomic E-state index is 12.4. The van der Waals surface area contributed by atoms with E-state index in [-0.39, 0.29) is 11.9 Å². The van der Waals surface area contributed by atoms with Crippen LogP contribution in [0.5, 0.6) is 0 Å². The molecule has 1 amide bonds. The Morgan fingerprint density at radius 3 is 2.75 bits per heavy atom. The van der Waals surface area contributed by atoms with Crippen molar-refractivity contribution in [1.29, 1.82) is 0 Å². The Morgan fingerprint density at radius 1 is 1.29 bits per heavy atom. The van der Waals surface area contributed by atoms with E-state index >= 15 is 0 Å². The van der Waals surface area contributed by atoms with Crippen LogP contribution in [-0.2, 0) is 17.8 Å². The fourth-order valence-corrected chi connectivity index (χ4v) is 3.61. The van der Waals surface area contributed by atoms with Crippen molar-refractivity contribution < 1.29 is 9.35 Å². The molecule has 2 atom stereocenters. The van der Waals surface area contributed by atoms with Gasteiger partial charge in [-0.3, -0.25) is 4.79 Å². The van der Waals surface area contributed by atoms with Crippen molar-refractivity contribution in [3.8, 4) is 0 Å². The number of carbonyl (C=O) groups is 1. The fourth-order valence-electron chi connectivity index (χ4n) is 2.87. The van der Waals surface area contributed by atoms with Crippen molar-refractivity contribution in [1.82, 2.24) is 5.32 Å². The highest BCUT2D eigenvalue weighted by Gasteiger charge is 2.24. The molecule has 4 nitrogen and oxygen atoms in total. The Hall–Kier alpha value is -1.69. The van der Waals surface area contributed by atoms with E-state index in [0.717, 1.165) is 29.1 Å². The van der Waals surface area contributed by atoms with Gasteiger partial charge in [0.2, 0.25) is 0 Å². The average Bonchev–Trinajstić information content (AvgIpc) is 2.97. The minimum Gasteiger partial charge on any atom is -0.593 e. The number of hydrogen-bond donors (Lipinski definition) is 2. The van der Waals surface area contributed by atoms with E-state index in [4.69, 9.17) is 11.6 Å². The molecular weight excluding hydrogens is 344 g/mol. The minimum absolute atomic E-state index is 0.0233. The lowest BCUT2D eigenvalue weighted by Gasteiger charge is -2.15. The monoisotopic (exact) mass is 362 g/mol. The van der Waals surface area contributed by atoms with Gasteiger partial charge in [0.1, 0.15) is 5.75 Å². The van der Waals surface area contributed by atoms with Crippen LogP contribution < -0.4 is 10.0 Å². The molecule has 0 heterocycles. The SMILES string of the molecule is CC[S+]([O-])Nc1ccc(C(=O)N[C@@H]2CCc3cc(Cl)ccc32)cc1. The first-order valence-corrected chi connectivity index (χ1v) is 9.61. The standard InChI is InChI=1S/C18H19ClN2O2S/c1-2-24(23)21-15-7-3-12(4-8-15)18(22)20-17-10-5-13-11-14(19)6-9-16(13)17/h3-4,6-9,11,17,21H,2,5,10H2,1H3,(H,20,22)/t17-,24?/m1/s1. The number of fused-ring (bicyclic) bond motifs is 1. The molecule has 126 valence electrons. The van der Waals surface area contributed by atoms with E-state index < -0.39 is 11.4 Å². The number of aryl methyl sites for hydroxylation is 1. The van der Waals surface area contributed by atoms with Crippen molar-refractivity contribution in [2.24, 2.45) is 0 Å². The van der Waals surface area contributed by atoms with Crippen LogP contribution >= 0.6 is 11.6 Å². The summed E-state index contributed by atoms with van der Waals surface area (Å²) in [6.45, 7) is 1.84. The molecule has 0 fully saturated rings. The molecule has 1 unspecified atom stereocenters. The molecule has 2 aromatic rings. The third-order valence-electron chi connectivity index (χ3n) is 4.13. The van der Waals surface area contributed by atoms with Gasteiger partial charge < -0.3 is 9.87 Å². The van der Waals surface area contributed by atoms with Crippen molar-refractivity contribution in [2.45, 2.75) is 25.8 Å². The molecule has 0 radical (unpaired) electrons. The summed E-state index contributed by atoms with van der Waals surface area (Å²) in [6, 6.07) is 12.9. The lowest BCUT2D eigenvalue weighted by atomic mass is 10.1. The largest absolute Gasteiger partial charge is 0.593 e. The highest BCUT2D eigenvalue weighted by Crippen LogP contribution is 2.33. The Morgan fingerprint density at radius 2 is 2.04 bits per heavy atom. The van der Waals surface area contributed by atoms with Gasteiger partial charge in [-0.25, -0.2) is 4.72 Å². The Bertz CT molecular complexity index is 736. The highest BCUT2D eigenvalue weighted by atomic mass is 35.5. The Balaban J connectivity index is 1.66. The zero-order chi connectivity index (χ0) is 17.1. The lowest BCUT2D eigenvalue weighted by Crippen LogP contribution is -2.27. The molecule has 1 aliphatic carbocycles. The second-order valence-corrected chi connectivity index (χ2v) is 7.63. The van der Waals surface area contributed by atoms with Crippen LogP contribution in [0.1, 0.15) is 40.9 Å². The van der Waals surface area contributed by atoms with Crippen molar-refractivity contribution in [3.05, 3.63) is 64.2 Å². The molecule has 0 aliphatic heterocycles. The number of hydrogen-bond acceptors (Lipinski definition) is 3. The fraction of sp³-hybridized carbons (Fsp3) is 0.278. The van der Waals surface area contributed by atoms with E-state index in [9.17, 15) is 9.35 Å². The van der Waals surface area contributed by atoms with Crippen LogP contribution in [0, 0.1) is 0 Å². The number of amides is 1. The summed E-state index contributed by atoms with van der Waals surface area (Å²) < 4.78 is 14.4. The van der Waals surface area contributed by atoms with Gasteiger partial charge in [0.25, 0.3) is 5.91 Å². The summed E-state index contributed by atoms with van der Waals surface area (Å²) in [5.74, 6) is 0.429. The number of benzene rings is 2. The number of rotatable bonds is 5. The Kier molecular flexibility index (Phi) is 5.33. The predicted molar refractivity (Wildman–Crippen MR) is 98.7 cm³/mol. The lowest BCUT2D eigenvalue weighted by molar-refractivity contribution is 0.0937. The summed E-state index contributed by atoms with van der Waals surface area (Å²) in [7, 11) is 0. The van der Waals surface area contributed by atoms with Crippen LogP contribution in [0.2, 0.25) is 5.02 Å². The van der Waals surface area contributed by atoms with Crippen molar-refractivity contribution in [3.63, 3.8) is 0 Å². The summed E-state index contributed by atoms with van der Waals surface area (Å²) in [6.07, 6.45) is 1.81.